The highest BCUT2D eigenvalue weighted by Gasteiger charge is 2.15. The monoisotopic (exact) mass is 293 g/mol. The molecule has 116 valence electrons. The van der Waals surface area contributed by atoms with Crippen molar-refractivity contribution in [2.45, 2.75) is 39.3 Å². The van der Waals surface area contributed by atoms with Gasteiger partial charge >= 0.3 is 6.03 Å². The molecule has 1 unspecified atom stereocenters. The van der Waals surface area contributed by atoms with Crippen molar-refractivity contribution in [2.75, 3.05) is 11.9 Å². The third-order valence-electron chi connectivity index (χ3n) is 2.69. The minimum absolute atomic E-state index is 0.0230. The number of carbonyl (C=O) groups is 2. The molecule has 1 rings (SSSR count). The number of primary amides is 1. The average molecular weight is 293 g/mol. The molecule has 0 heterocycles. The number of amides is 3. The normalized spacial score (nSPS) is 12.6. The van der Waals surface area contributed by atoms with Gasteiger partial charge in [0.05, 0.1) is 11.6 Å². The molecule has 0 fully saturated rings. The Kier molecular flexibility index (Phi) is 5.72. The van der Waals surface area contributed by atoms with Gasteiger partial charge in [0.2, 0.25) is 5.91 Å². The van der Waals surface area contributed by atoms with Crippen molar-refractivity contribution >= 4 is 17.6 Å². The molecule has 0 saturated heterocycles. The number of nitrogens with two attached hydrogens (primary N) is 1. The second-order valence-electron chi connectivity index (χ2n) is 5.80. The van der Waals surface area contributed by atoms with E-state index >= 15 is 0 Å². The maximum atomic E-state index is 11.8. The fourth-order valence-corrected chi connectivity index (χ4v) is 1.65. The summed E-state index contributed by atoms with van der Waals surface area (Å²) in [6.45, 7) is 7.59. The Balaban J connectivity index is 2.53. The van der Waals surface area contributed by atoms with Crippen LogP contribution in [0.4, 0.5) is 10.5 Å². The number of rotatable bonds is 5. The van der Waals surface area contributed by atoms with Crippen LogP contribution in [0.5, 0.6) is 0 Å². The van der Waals surface area contributed by atoms with Crippen LogP contribution in [0.3, 0.4) is 0 Å². The Bertz CT molecular complexity index is 492. The van der Waals surface area contributed by atoms with E-state index in [0.717, 1.165) is 5.56 Å². The Morgan fingerprint density at radius 3 is 2.29 bits per heavy atom. The minimum atomic E-state index is -0.608. The van der Waals surface area contributed by atoms with E-state index in [1.807, 2.05) is 39.8 Å². The molecule has 0 spiro atoms. The lowest BCUT2D eigenvalue weighted by molar-refractivity contribution is -0.131. The predicted molar refractivity (Wildman–Crippen MR) is 81.9 cm³/mol. The fourth-order valence-electron chi connectivity index (χ4n) is 1.65. The van der Waals surface area contributed by atoms with Crippen LogP contribution in [0.25, 0.3) is 0 Å². The third-order valence-corrected chi connectivity index (χ3v) is 2.69. The summed E-state index contributed by atoms with van der Waals surface area (Å²) in [4.78, 5) is 22.5. The molecule has 1 aromatic carbocycles. The summed E-state index contributed by atoms with van der Waals surface area (Å²) in [5.41, 5.74) is 6.23. The number of anilines is 1. The van der Waals surface area contributed by atoms with Crippen LogP contribution in [0.15, 0.2) is 24.3 Å². The lowest BCUT2D eigenvalue weighted by Crippen LogP contribution is -2.33. The maximum absolute atomic E-state index is 11.8. The first-order valence-corrected chi connectivity index (χ1v) is 6.77. The van der Waals surface area contributed by atoms with Gasteiger partial charge in [0.1, 0.15) is 6.61 Å². The molecule has 21 heavy (non-hydrogen) atoms. The molecule has 1 atom stereocenters. The van der Waals surface area contributed by atoms with E-state index < -0.39 is 6.03 Å². The smallest absolute Gasteiger partial charge is 0.316 e. The number of benzene rings is 1. The zero-order valence-corrected chi connectivity index (χ0v) is 12.9. The number of urea groups is 1. The zero-order valence-electron chi connectivity index (χ0n) is 12.9. The molecule has 0 aliphatic carbocycles. The highest BCUT2D eigenvalue weighted by Crippen LogP contribution is 2.16. The van der Waals surface area contributed by atoms with Crippen LogP contribution >= 0.6 is 0 Å². The van der Waals surface area contributed by atoms with Crippen LogP contribution in [0, 0.1) is 0 Å². The van der Waals surface area contributed by atoms with Gasteiger partial charge in [0.15, 0.2) is 0 Å². The second kappa shape index (κ2) is 7.08. The van der Waals surface area contributed by atoms with Crippen LogP contribution < -0.4 is 16.4 Å². The molecule has 4 N–H and O–H groups in total. The highest BCUT2D eigenvalue weighted by molar-refractivity contribution is 5.87. The van der Waals surface area contributed by atoms with E-state index in [4.69, 9.17) is 10.5 Å². The van der Waals surface area contributed by atoms with E-state index in [9.17, 15) is 9.59 Å². The van der Waals surface area contributed by atoms with Crippen LogP contribution in [-0.4, -0.2) is 24.1 Å². The quantitative estimate of drug-likeness (QED) is 0.776. The predicted octanol–water partition coefficient (Wildman–Crippen LogP) is 2.17. The summed E-state index contributed by atoms with van der Waals surface area (Å²) in [5.74, 6) is -0.170. The first-order valence-electron chi connectivity index (χ1n) is 6.77. The van der Waals surface area contributed by atoms with Crippen molar-refractivity contribution in [3.63, 3.8) is 0 Å². The SMILES string of the molecule is CC(NC(=O)COC(C)(C)C)c1ccc(NC(N)=O)cc1. The van der Waals surface area contributed by atoms with Crippen molar-refractivity contribution in [3.8, 4) is 0 Å². The molecule has 0 saturated carbocycles. The molecule has 3 amide bonds. The van der Waals surface area contributed by atoms with Crippen LogP contribution in [0.1, 0.15) is 39.3 Å². The van der Waals surface area contributed by atoms with Crippen molar-refractivity contribution in [2.24, 2.45) is 5.73 Å². The van der Waals surface area contributed by atoms with Crippen molar-refractivity contribution in [1.82, 2.24) is 5.32 Å². The molecular formula is C15H23N3O3. The maximum Gasteiger partial charge on any atom is 0.316 e. The van der Waals surface area contributed by atoms with Gasteiger partial charge in [-0.05, 0) is 45.4 Å². The zero-order chi connectivity index (χ0) is 16.0. The number of carbonyl (C=O) groups excluding carboxylic acids is 2. The second-order valence-corrected chi connectivity index (χ2v) is 5.80. The van der Waals surface area contributed by atoms with Crippen LogP contribution in [-0.2, 0) is 9.53 Å². The molecule has 0 aliphatic heterocycles. The van der Waals surface area contributed by atoms with Crippen molar-refractivity contribution in [1.29, 1.82) is 0 Å². The Hall–Kier alpha value is -2.08. The van der Waals surface area contributed by atoms with Gasteiger partial charge < -0.3 is 21.1 Å². The number of nitrogens with one attached hydrogen (secondary N) is 2. The van der Waals surface area contributed by atoms with E-state index in [1.54, 1.807) is 12.1 Å². The number of hydrogen-bond acceptors (Lipinski definition) is 3. The summed E-state index contributed by atoms with van der Waals surface area (Å²) >= 11 is 0. The molecule has 6 heteroatoms. The van der Waals surface area contributed by atoms with E-state index in [1.165, 1.54) is 0 Å². The molecule has 1 aromatic rings. The third kappa shape index (κ3) is 6.76. The van der Waals surface area contributed by atoms with Crippen LogP contribution in [0.2, 0.25) is 0 Å². The summed E-state index contributed by atoms with van der Waals surface area (Å²) in [7, 11) is 0. The molecule has 0 aliphatic rings. The minimum Gasteiger partial charge on any atom is -0.366 e. The van der Waals surface area contributed by atoms with E-state index in [0.29, 0.717) is 5.69 Å². The standard InChI is InChI=1S/C15H23N3O3/c1-10(17-13(19)9-21-15(2,3)4)11-5-7-12(8-6-11)18-14(16)20/h5-8,10H,9H2,1-4H3,(H,17,19)(H3,16,18,20). The van der Waals surface area contributed by atoms with E-state index in [2.05, 4.69) is 10.6 Å². The summed E-state index contributed by atoms with van der Waals surface area (Å²) in [6, 6.07) is 6.34. The summed E-state index contributed by atoms with van der Waals surface area (Å²) in [5, 5.41) is 5.33. The molecular weight excluding hydrogens is 270 g/mol. The fraction of sp³-hybridized carbons (Fsp3) is 0.467. The average Bonchev–Trinajstić information content (AvgIpc) is 2.35. The first kappa shape index (κ1) is 17.0. The molecule has 0 bridgehead atoms. The molecule has 0 aromatic heterocycles. The van der Waals surface area contributed by atoms with Gasteiger partial charge in [-0.2, -0.15) is 0 Å². The largest absolute Gasteiger partial charge is 0.366 e. The van der Waals surface area contributed by atoms with Crippen molar-refractivity contribution < 1.29 is 14.3 Å². The highest BCUT2D eigenvalue weighted by atomic mass is 16.5. The van der Waals surface area contributed by atoms with Gasteiger partial charge in [-0.1, -0.05) is 12.1 Å². The Morgan fingerprint density at radius 1 is 1.24 bits per heavy atom. The van der Waals surface area contributed by atoms with Gasteiger partial charge in [0.25, 0.3) is 0 Å². The first-order chi connectivity index (χ1) is 9.67. The number of hydrogen-bond donors (Lipinski definition) is 3. The molecule has 6 nitrogen and oxygen atoms in total. The van der Waals surface area contributed by atoms with Gasteiger partial charge in [-0.25, -0.2) is 4.79 Å². The van der Waals surface area contributed by atoms with Gasteiger partial charge in [-0.3, -0.25) is 4.79 Å². The van der Waals surface area contributed by atoms with Gasteiger partial charge in [-0.15, -0.1) is 0 Å². The lowest BCUT2D eigenvalue weighted by Gasteiger charge is -2.20. The lowest BCUT2D eigenvalue weighted by atomic mass is 10.1. The summed E-state index contributed by atoms with van der Waals surface area (Å²) < 4.78 is 5.42. The van der Waals surface area contributed by atoms with E-state index in [-0.39, 0.29) is 24.2 Å². The Labute approximate surface area is 125 Å². The van der Waals surface area contributed by atoms with Gasteiger partial charge in [0, 0.05) is 5.69 Å². The molecule has 0 radical (unpaired) electrons. The topological polar surface area (TPSA) is 93.4 Å². The van der Waals surface area contributed by atoms with Crippen molar-refractivity contribution in [3.05, 3.63) is 29.8 Å². The number of ether oxygens (including phenoxy) is 1. The Morgan fingerprint density at radius 2 is 1.81 bits per heavy atom. The summed E-state index contributed by atoms with van der Waals surface area (Å²) in [6.07, 6.45) is 0.